The molecule has 0 atom stereocenters. The Morgan fingerprint density at radius 3 is 2.50 bits per heavy atom. The number of para-hydroxylation sites is 2. The molecule has 0 heterocycles. The molecule has 3 rings (SSSR count). The highest BCUT2D eigenvalue weighted by Gasteiger charge is 2.11. The van der Waals surface area contributed by atoms with Crippen molar-refractivity contribution in [2.75, 3.05) is 19.6 Å². The lowest BCUT2D eigenvalue weighted by molar-refractivity contribution is -0.384. The van der Waals surface area contributed by atoms with Gasteiger partial charge in [0, 0.05) is 6.07 Å². The number of carbonyl (C=O) groups excluding carboxylic acids is 1. The van der Waals surface area contributed by atoms with E-state index in [-0.39, 0.29) is 12.3 Å². The van der Waals surface area contributed by atoms with Crippen LogP contribution in [0.2, 0.25) is 0 Å². The van der Waals surface area contributed by atoms with Gasteiger partial charge in [-0.1, -0.05) is 24.3 Å². The second-order valence-corrected chi connectivity index (χ2v) is 6.53. The van der Waals surface area contributed by atoms with Crippen molar-refractivity contribution in [2.24, 2.45) is 5.10 Å². The second-order valence-electron chi connectivity index (χ2n) is 6.53. The first kappa shape index (κ1) is 22.3. The van der Waals surface area contributed by atoms with Gasteiger partial charge in [0.2, 0.25) is 0 Å². The van der Waals surface area contributed by atoms with Crippen molar-refractivity contribution in [1.82, 2.24) is 0 Å². The molecular formula is C23H21N3O6. The average Bonchev–Trinajstić information content (AvgIpc) is 2.83. The minimum atomic E-state index is -0.476. The Hall–Kier alpha value is -4.40. The van der Waals surface area contributed by atoms with Crippen LogP contribution in [-0.4, -0.2) is 31.3 Å². The Kier molecular flexibility index (Phi) is 7.37. The average molecular weight is 435 g/mol. The van der Waals surface area contributed by atoms with Gasteiger partial charge in [-0.15, -0.1) is 0 Å². The van der Waals surface area contributed by atoms with Gasteiger partial charge in [0.15, 0.2) is 11.5 Å². The van der Waals surface area contributed by atoms with Gasteiger partial charge in [-0.3, -0.25) is 15.5 Å². The van der Waals surface area contributed by atoms with Gasteiger partial charge in [0.05, 0.1) is 30.9 Å². The Morgan fingerprint density at radius 1 is 1.06 bits per heavy atom. The number of nitrogens with one attached hydrogen (secondary N) is 1. The van der Waals surface area contributed by atoms with E-state index in [2.05, 4.69) is 15.3 Å². The van der Waals surface area contributed by atoms with E-state index in [0.717, 1.165) is 5.56 Å². The number of benzene rings is 3. The maximum Gasteiger partial charge on any atom is 0.337 e. The fourth-order valence-corrected chi connectivity index (χ4v) is 2.80. The smallest absolute Gasteiger partial charge is 0.337 e. The van der Waals surface area contributed by atoms with Crippen LogP contribution in [0.1, 0.15) is 21.5 Å². The number of ether oxygens (including phenoxy) is 3. The number of hydrogen-bond donors (Lipinski definition) is 1. The molecule has 0 bridgehead atoms. The van der Waals surface area contributed by atoms with Crippen molar-refractivity contribution in [3.8, 4) is 11.5 Å². The summed E-state index contributed by atoms with van der Waals surface area (Å²) >= 11 is 0. The lowest BCUT2D eigenvalue weighted by Gasteiger charge is -2.11. The van der Waals surface area contributed by atoms with E-state index in [4.69, 9.17) is 9.47 Å². The van der Waals surface area contributed by atoms with Crippen LogP contribution in [0.3, 0.4) is 0 Å². The van der Waals surface area contributed by atoms with E-state index in [1.807, 2.05) is 0 Å². The van der Waals surface area contributed by atoms with Gasteiger partial charge in [0.1, 0.15) is 12.3 Å². The van der Waals surface area contributed by atoms with E-state index >= 15 is 0 Å². The summed E-state index contributed by atoms with van der Waals surface area (Å²) in [5.74, 6) is 0.645. The number of rotatable bonds is 9. The number of hydrogen-bond acceptors (Lipinski definition) is 8. The number of methoxy groups -OCH3 is 2. The zero-order valence-corrected chi connectivity index (χ0v) is 17.5. The molecule has 0 aliphatic heterocycles. The lowest BCUT2D eigenvalue weighted by Crippen LogP contribution is -2.02. The van der Waals surface area contributed by atoms with Crippen LogP contribution in [0, 0.1) is 10.1 Å². The monoisotopic (exact) mass is 435 g/mol. The first-order chi connectivity index (χ1) is 15.5. The molecule has 1 N–H and O–H groups in total. The van der Waals surface area contributed by atoms with Gasteiger partial charge in [-0.2, -0.15) is 5.10 Å². The van der Waals surface area contributed by atoms with Crippen LogP contribution < -0.4 is 14.9 Å². The molecule has 0 aliphatic rings. The zero-order chi connectivity index (χ0) is 22.9. The summed E-state index contributed by atoms with van der Waals surface area (Å²) in [5, 5.41) is 15.1. The predicted molar refractivity (Wildman–Crippen MR) is 119 cm³/mol. The minimum absolute atomic E-state index is 0.0643. The Bertz CT molecular complexity index is 1130. The van der Waals surface area contributed by atoms with Gasteiger partial charge in [0.25, 0.3) is 5.69 Å². The van der Waals surface area contributed by atoms with Crippen molar-refractivity contribution < 1.29 is 23.9 Å². The first-order valence-electron chi connectivity index (χ1n) is 9.52. The Balaban J connectivity index is 1.65. The minimum Gasteiger partial charge on any atom is -0.493 e. The molecule has 0 saturated heterocycles. The Morgan fingerprint density at radius 2 is 1.81 bits per heavy atom. The highest BCUT2D eigenvalue weighted by atomic mass is 16.6. The molecule has 0 unspecified atom stereocenters. The van der Waals surface area contributed by atoms with Crippen molar-refractivity contribution in [1.29, 1.82) is 0 Å². The fourth-order valence-electron chi connectivity index (χ4n) is 2.80. The number of carbonyl (C=O) groups is 1. The van der Waals surface area contributed by atoms with E-state index in [1.54, 1.807) is 60.7 Å². The quantitative estimate of drug-likeness (QED) is 0.229. The van der Waals surface area contributed by atoms with Crippen LogP contribution >= 0.6 is 0 Å². The summed E-state index contributed by atoms with van der Waals surface area (Å²) in [4.78, 5) is 22.1. The number of anilines is 1. The number of nitrogens with zero attached hydrogens (tertiary/aromatic N) is 2. The molecule has 9 nitrogen and oxygen atoms in total. The van der Waals surface area contributed by atoms with Crippen molar-refractivity contribution >= 4 is 23.6 Å². The predicted octanol–water partition coefficient (Wildman–Crippen LogP) is 4.42. The Labute approximate surface area is 184 Å². The van der Waals surface area contributed by atoms with Crippen molar-refractivity contribution in [2.45, 2.75) is 6.61 Å². The molecule has 32 heavy (non-hydrogen) atoms. The highest BCUT2D eigenvalue weighted by molar-refractivity contribution is 5.89. The standard InChI is InChI=1S/C23H21N3O6/c1-30-22-13-17(14-24-25-19-5-3-4-6-20(19)26(28)29)9-12-21(22)32-15-16-7-10-18(11-8-16)23(27)31-2/h3-14,25H,15H2,1-2H3. The molecule has 0 fully saturated rings. The number of hydrazone groups is 1. The van der Waals surface area contributed by atoms with Crippen LogP contribution in [0.25, 0.3) is 0 Å². The number of esters is 1. The van der Waals surface area contributed by atoms with Gasteiger partial charge in [-0.05, 0) is 47.5 Å². The summed E-state index contributed by atoms with van der Waals surface area (Å²) in [6, 6.07) is 18.4. The van der Waals surface area contributed by atoms with Crippen LogP contribution in [0.5, 0.6) is 11.5 Å². The van der Waals surface area contributed by atoms with Gasteiger partial charge >= 0.3 is 5.97 Å². The normalized spacial score (nSPS) is 10.6. The largest absolute Gasteiger partial charge is 0.493 e. The SMILES string of the molecule is COC(=O)c1ccc(COc2ccc(C=NNc3ccccc3[N+](=O)[O-])cc2OC)cc1. The number of nitro groups is 1. The maximum absolute atomic E-state index is 11.5. The van der Waals surface area contributed by atoms with E-state index in [9.17, 15) is 14.9 Å². The third kappa shape index (κ3) is 5.60. The summed E-state index contributed by atoms with van der Waals surface area (Å²) in [6.07, 6.45) is 1.52. The molecule has 9 heteroatoms. The molecule has 0 radical (unpaired) electrons. The molecule has 0 aromatic heterocycles. The molecule has 0 amide bonds. The van der Waals surface area contributed by atoms with E-state index in [1.165, 1.54) is 26.5 Å². The molecule has 0 spiro atoms. The van der Waals surface area contributed by atoms with Crippen LogP contribution in [0.15, 0.2) is 71.8 Å². The molecule has 164 valence electrons. The van der Waals surface area contributed by atoms with E-state index in [0.29, 0.717) is 28.3 Å². The lowest BCUT2D eigenvalue weighted by atomic mass is 10.1. The molecule has 0 saturated carbocycles. The summed E-state index contributed by atoms with van der Waals surface area (Å²) < 4.78 is 15.9. The zero-order valence-electron chi connectivity index (χ0n) is 17.5. The molecule has 3 aromatic rings. The van der Waals surface area contributed by atoms with Gasteiger partial charge < -0.3 is 14.2 Å². The van der Waals surface area contributed by atoms with Crippen molar-refractivity contribution in [3.63, 3.8) is 0 Å². The third-order valence-electron chi connectivity index (χ3n) is 4.46. The van der Waals surface area contributed by atoms with E-state index < -0.39 is 10.9 Å². The third-order valence-corrected chi connectivity index (χ3v) is 4.46. The van der Waals surface area contributed by atoms with Crippen molar-refractivity contribution in [3.05, 3.63) is 93.5 Å². The first-order valence-corrected chi connectivity index (χ1v) is 9.52. The molecule has 3 aromatic carbocycles. The van der Waals surface area contributed by atoms with Crippen LogP contribution in [-0.2, 0) is 11.3 Å². The molecule has 0 aliphatic carbocycles. The summed E-state index contributed by atoms with van der Waals surface area (Å²) in [5.41, 5.74) is 4.96. The topological polar surface area (TPSA) is 112 Å². The van der Waals surface area contributed by atoms with Crippen LogP contribution in [0.4, 0.5) is 11.4 Å². The second kappa shape index (κ2) is 10.6. The summed E-state index contributed by atoms with van der Waals surface area (Å²) in [6.45, 7) is 0.282. The fraction of sp³-hybridized carbons (Fsp3) is 0.130. The molecular weight excluding hydrogens is 414 g/mol. The maximum atomic E-state index is 11.5. The summed E-state index contributed by atoms with van der Waals surface area (Å²) in [7, 11) is 2.86. The highest BCUT2D eigenvalue weighted by Crippen LogP contribution is 2.28. The number of nitro benzene ring substituents is 1. The van der Waals surface area contributed by atoms with Gasteiger partial charge in [-0.25, -0.2) is 4.79 Å².